The fraction of sp³-hybridized carbons (Fsp3) is 0.294. The Morgan fingerprint density at radius 3 is 2.96 bits per heavy atom. The molecule has 0 fully saturated rings. The number of carbonyl (C=O) groups excluding carboxylic acids is 1. The van der Waals surface area contributed by atoms with Gasteiger partial charge in [0.1, 0.15) is 6.04 Å². The largest absolute Gasteiger partial charge is 0.354 e. The summed E-state index contributed by atoms with van der Waals surface area (Å²) >= 11 is 5.97. The summed E-state index contributed by atoms with van der Waals surface area (Å²) in [5, 5.41) is 14.5. The molecule has 136 valence electrons. The highest BCUT2D eigenvalue weighted by Crippen LogP contribution is 2.20. The zero-order valence-corrected chi connectivity index (χ0v) is 15.2. The molecule has 8 nitrogen and oxygen atoms in total. The van der Waals surface area contributed by atoms with E-state index in [1.54, 1.807) is 43.3 Å². The lowest BCUT2D eigenvalue weighted by Gasteiger charge is -2.13. The highest BCUT2D eigenvalue weighted by Gasteiger charge is 2.20. The quantitative estimate of drug-likeness (QED) is 0.653. The van der Waals surface area contributed by atoms with Crippen LogP contribution in [-0.4, -0.2) is 39.4 Å². The lowest BCUT2D eigenvalue weighted by atomic mass is 10.1. The molecular weight excluding hydrogens is 356 g/mol. The molecule has 1 amide bonds. The fourth-order valence-corrected chi connectivity index (χ4v) is 2.72. The number of aromatic nitrogens is 4. The summed E-state index contributed by atoms with van der Waals surface area (Å²) in [6.07, 6.45) is 3.90. The summed E-state index contributed by atoms with van der Waals surface area (Å²) in [5.74, 6) is 0.773. The Hall–Kier alpha value is -2.71. The number of rotatable bonds is 7. The minimum absolute atomic E-state index is 0.143. The second-order valence-electron chi connectivity index (χ2n) is 5.73. The molecule has 0 aliphatic rings. The summed E-state index contributed by atoms with van der Waals surface area (Å²) in [4.78, 5) is 16.7. The Labute approximate surface area is 155 Å². The van der Waals surface area contributed by atoms with E-state index < -0.39 is 6.04 Å². The van der Waals surface area contributed by atoms with Crippen molar-refractivity contribution in [3.8, 4) is 11.4 Å². The first kappa shape index (κ1) is 18.1. The number of carbonyl (C=O) groups is 1. The molecule has 1 atom stereocenters. The fourth-order valence-electron chi connectivity index (χ4n) is 2.53. The van der Waals surface area contributed by atoms with Crippen LogP contribution in [0, 0.1) is 0 Å². The van der Waals surface area contributed by atoms with E-state index in [1.807, 2.05) is 12.1 Å². The molecule has 0 bridgehead atoms. The summed E-state index contributed by atoms with van der Waals surface area (Å²) in [7, 11) is 3.54. The number of aryl methyl sites for hydroxylation is 1. The van der Waals surface area contributed by atoms with Gasteiger partial charge >= 0.3 is 0 Å². The van der Waals surface area contributed by atoms with Crippen molar-refractivity contribution in [1.82, 2.24) is 30.6 Å². The number of likely N-dealkylation sites (N-methyl/N-ethyl adjacent to an activating group) is 1. The SMILES string of the molecule is CNC(C(=O)NCCc1nc(-c2cccc(Cl)c2)no1)c1cnn(C)c1. The lowest BCUT2D eigenvalue weighted by Crippen LogP contribution is -2.36. The van der Waals surface area contributed by atoms with Crippen LogP contribution < -0.4 is 10.6 Å². The minimum Gasteiger partial charge on any atom is -0.354 e. The molecule has 2 aromatic heterocycles. The predicted octanol–water partition coefficient (Wildman–Crippen LogP) is 1.74. The standard InChI is InChI=1S/C17H19ClN6O2/c1-19-15(12-9-21-24(2)10-12)17(25)20-7-6-14-22-16(23-26-14)11-4-3-5-13(18)8-11/h3-5,8-10,15,19H,6-7H2,1-2H3,(H,20,25). The van der Waals surface area contributed by atoms with Crippen molar-refractivity contribution < 1.29 is 9.32 Å². The second kappa shape index (κ2) is 8.11. The highest BCUT2D eigenvalue weighted by atomic mass is 35.5. The average molecular weight is 375 g/mol. The third-order valence-corrected chi connectivity index (χ3v) is 4.03. The Morgan fingerprint density at radius 1 is 1.42 bits per heavy atom. The van der Waals surface area contributed by atoms with Gasteiger partial charge in [-0.25, -0.2) is 0 Å². The van der Waals surface area contributed by atoms with Crippen LogP contribution in [0.5, 0.6) is 0 Å². The summed E-state index contributed by atoms with van der Waals surface area (Å²) in [6.45, 7) is 0.383. The van der Waals surface area contributed by atoms with E-state index in [-0.39, 0.29) is 5.91 Å². The van der Waals surface area contributed by atoms with Crippen molar-refractivity contribution in [2.45, 2.75) is 12.5 Å². The molecule has 9 heteroatoms. The molecule has 0 aliphatic carbocycles. The third kappa shape index (κ3) is 4.27. The number of halogens is 1. The number of benzene rings is 1. The summed E-state index contributed by atoms with van der Waals surface area (Å²) < 4.78 is 6.89. The van der Waals surface area contributed by atoms with E-state index in [0.717, 1.165) is 11.1 Å². The van der Waals surface area contributed by atoms with Crippen LogP contribution in [0.25, 0.3) is 11.4 Å². The molecule has 1 aromatic carbocycles. The molecule has 2 heterocycles. The molecule has 2 N–H and O–H groups in total. The van der Waals surface area contributed by atoms with Crippen LogP contribution in [0.2, 0.25) is 5.02 Å². The van der Waals surface area contributed by atoms with Gasteiger partial charge in [-0.15, -0.1) is 0 Å². The van der Waals surface area contributed by atoms with Crippen molar-refractivity contribution in [3.05, 3.63) is 53.1 Å². The van der Waals surface area contributed by atoms with E-state index in [2.05, 4.69) is 25.9 Å². The normalized spacial score (nSPS) is 12.1. The lowest BCUT2D eigenvalue weighted by molar-refractivity contribution is -0.123. The van der Waals surface area contributed by atoms with Gasteiger partial charge in [-0.3, -0.25) is 9.48 Å². The van der Waals surface area contributed by atoms with Gasteiger partial charge in [-0.2, -0.15) is 10.1 Å². The molecular formula is C17H19ClN6O2. The first-order valence-corrected chi connectivity index (χ1v) is 8.46. The first-order valence-electron chi connectivity index (χ1n) is 8.09. The Morgan fingerprint density at radius 2 is 2.27 bits per heavy atom. The zero-order chi connectivity index (χ0) is 18.5. The predicted molar refractivity (Wildman–Crippen MR) is 96.5 cm³/mol. The summed E-state index contributed by atoms with van der Waals surface area (Å²) in [5.41, 5.74) is 1.58. The van der Waals surface area contributed by atoms with Crippen molar-refractivity contribution in [2.24, 2.45) is 7.05 Å². The maximum Gasteiger partial charge on any atom is 0.241 e. The van der Waals surface area contributed by atoms with Crippen molar-refractivity contribution in [1.29, 1.82) is 0 Å². The van der Waals surface area contributed by atoms with E-state index in [1.165, 1.54) is 0 Å². The van der Waals surface area contributed by atoms with Crippen molar-refractivity contribution in [3.63, 3.8) is 0 Å². The molecule has 1 unspecified atom stereocenters. The second-order valence-corrected chi connectivity index (χ2v) is 6.17. The Kier molecular flexibility index (Phi) is 5.65. The molecule has 0 saturated heterocycles. The molecule has 0 aliphatic heterocycles. The van der Waals surface area contributed by atoms with Crippen molar-refractivity contribution in [2.75, 3.05) is 13.6 Å². The smallest absolute Gasteiger partial charge is 0.241 e. The molecule has 0 spiro atoms. The molecule has 0 radical (unpaired) electrons. The minimum atomic E-state index is -0.464. The zero-order valence-electron chi connectivity index (χ0n) is 14.4. The van der Waals surface area contributed by atoms with E-state index >= 15 is 0 Å². The van der Waals surface area contributed by atoms with Gasteiger partial charge in [-0.1, -0.05) is 28.9 Å². The topological polar surface area (TPSA) is 97.9 Å². The monoisotopic (exact) mass is 374 g/mol. The first-order chi connectivity index (χ1) is 12.6. The summed E-state index contributed by atoms with van der Waals surface area (Å²) in [6, 6.07) is 6.76. The van der Waals surface area contributed by atoms with Gasteiger partial charge in [-0.05, 0) is 19.2 Å². The Bertz CT molecular complexity index is 891. The molecule has 3 aromatic rings. The molecule has 26 heavy (non-hydrogen) atoms. The number of hydrogen-bond acceptors (Lipinski definition) is 6. The Balaban J connectivity index is 1.55. The van der Waals surface area contributed by atoms with E-state index in [9.17, 15) is 4.79 Å². The van der Waals surface area contributed by atoms with Crippen LogP contribution in [-0.2, 0) is 18.3 Å². The van der Waals surface area contributed by atoms with Gasteiger partial charge in [0.15, 0.2) is 0 Å². The van der Waals surface area contributed by atoms with Crippen LogP contribution >= 0.6 is 11.6 Å². The average Bonchev–Trinajstić information content (AvgIpc) is 3.25. The van der Waals surface area contributed by atoms with Gasteiger partial charge in [0.25, 0.3) is 0 Å². The number of amides is 1. The highest BCUT2D eigenvalue weighted by molar-refractivity contribution is 6.30. The third-order valence-electron chi connectivity index (χ3n) is 3.80. The van der Waals surface area contributed by atoms with Crippen LogP contribution in [0.3, 0.4) is 0 Å². The number of nitrogens with zero attached hydrogens (tertiary/aromatic N) is 4. The van der Waals surface area contributed by atoms with Crippen LogP contribution in [0.15, 0.2) is 41.2 Å². The van der Waals surface area contributed by atoms with Gasteiger partial charge in [0, 0.05) is 42.4 Å². The maximum atomic E-state index is 12.3. The van der Waals surface area contributed by atoms with Gasteiger partial charge in [0.05, 0.1) is 6.20 Å². The molecule has 3 rings (SSSR count). The van der Waals surface area contributed by atoms with Crippen molar-refractivity contribution >= 4 is 17.5 Å². The maximum absolute atomic E-state index is 12.3. The van der Waals surface area contributed by atoms with E-state index in [4.69, 9.17) is 16.1 Å². The number of nitrogens with one attached hydrogen (secondary N) is 2. The van der Waals surface area contributed by atoms with Crippen LogP contribution in [0.4, 0.5) is 0 Å². The van der Waals surface area contributed by atoms with Gasteiger partial charge < -0.3 is 15.2 Å². The number of hydrogen-bond donors (Lipinski definition) is 2. The van der Waals surface area contributed by atoms with Crippen LogP contribution in [0.1, 0.15) is 17.5 Å². The van der Waals surface area contributed by atoms with E-state index in [0.29, 0.717) is 29.7 Å². The van der Waals surface area contributed by atoms with Gasteiger partial charge in [0.2, 0.25) is 17.6 Å². The molecule has 0 saturated carbocycles.